The van der Waals surface area contributed by atoms with Crippen molar-refractivity contribution in [1.82, 2.24) is 0 Å². The summed E-state index contributed by atoms with van der Waals surface area (Å²) in [5.41, 5.74) is 0. The zero-order valence-electron chi connectivity index (χ0n) is 7.41. The fourth-order valence-corrected chi connectivity index (χ4v) is 1.00. The Labute approximate surface area is 86.8 Å². The first-order chi connectivity index (χ1) is 6.74. The highest BCUT2D eigenvalue weighted by molar-refractivity contribution is 7.80. The minimum atomic E-state index is -0.902. The highest BCUT2D eigenvalue weighted by Crippen LogP contribution is 2.15. The average molecular weight is 216 g/mol. The minimum absolute atomic E-state index is 0.313. The summed E-state index contributed by atoms with van der Waals surface area (Å²) in [6.07, 6.45) is 3.57. The molecule has 0 aliphatic carbocycles. The summed E-state index contributed by atoms with van der Waals surface area (Å²) in [7, 11) is 0. The molecule has 0 N–H and O–H groups in total. The van der Waals surface area contributed by atoms with Gasteiger partial charge in [0.2, 0.25) is 0 Å². The summed E-state index contributed by atoms with van der Waals surface area (Å²) in [6, 6.07) is 3.43. The highest BCUT2D eigenvalue weighted by atomic mass is 32.1. The number of rotatable bonds is 4. The molecule has 0 amide bonds. The van der Waals surface area contributed by atoms with Crippen molar-refractivity contribution < 1.29 is 13.5 Å². The van der Waals surface area contributed by atoms with Crippen LogP contribution in [0, 0.1) is 11.6 Å². The molecule has 0 atom stereocenters. The second-order valence-electron chi connectivity index (χ2n) is 2.54. The van der Waals surface area contributed by atoms with Gasteiger partial charge in [0.1, 0.15) is 12.4 Å². The Balaban J connectivity index is 2.51. The van der Waals surface area contributed by atoms with Crippen molar-refractivity contribution in [3.63, 3.8) is 0 Å². The quantitative estimate of drug-likeness (QED) is 0.601. The normalized spacial score (nSPS) is 10.8. The first-order valence-electron chi connectivity index (χ1n) is 4.07. The van der Waals surface area contributed by atoms with Crippen LogP contribution in [0.5, 0.6) is 5.75 Å². The summed E-state index contributed by atoms with van der Waals surface area (Å²) in [6.45, 7) is 0.325. The zero-order chi connectivity index (χ0) is 10.4. The molecule has 0 bridgehead atoms. The van der Waals surface area contributed by atoms with Crippen molar-refractivity contribution in [3.8, 4) is 5.75 Å². The number of halogens is 2. The van der Waals surface area contributed by atoms with Gasteiger partial charge in [-0.25, -0.2) is 8.78 Å². The van der Waals surface area contributed by atoms with Gasteiger partial charge in [-0.05, 0) is 12.1 Å². The molecule has 0 fully saturated rings. The fourth-order valence-electron chi connectivity index (χ4n) is 0.854. The molecule has 0 aromatic heterocycles. The fraction of sp³-hybridized carbons (Fsp3) is 0.200. The largest absolute Gasteiger partial charge is 0.489 e. The average Bonchev–Trinajstić information content (AvgIpc) is 2.18. The summed E-state index contributed by atoms with van der Waals surface area (Å²) in [5.74, 6) is -0.835. The smallest absolute Gasteiger partial charge is 0.162 e. The molecular formula is C10H10F2OS. The number of hydrogen-bond acceptors (Lipinski definition) is 2. The van der Waals surface area contributed by atoms with Gasteiger partial charge in [0, 0.05) is 11.8 Å². The maximum atomic E-state index is 12.7. The first kappa shape index (κ1) is 11.0. The minimum Gasteiger partial charge on any atom is -0.489 e. The van der Waals surface area contributed by atoms with Gasteiger partial charge in [0.25, 0.3) is 0 Å². The molecule has 4 heteroatoms. The van der Waals surface area contributed by atoms with E-state index < -0.39 is 11.6 Å². The van der Waals surface area contributed by atoms with E-state index in [-0.39, 0.29) is 0 Å². The van der Waals surface area contributed by atoms with Crippen LogP contribution in [0.3, 0.4) is 0 Å². The number of benzene rings is 1. The SMILES string of the molecule is Fc1ccc(OCC=CCS)cc1F. The molecule has 1 aromatic carbocycles. The topological polar surface area (TPSA) is 9.23 Å². The van der Waals surface area contributed by atoms with Crippen LogP contribution < -0.4 is 4.74 Å². The lowest BCUT2D eigenvalue weighted by Gasteiger charge is -2.02. The van der Waals surface area contributed by atoms with Crippen LogP contribution >= 0.6 is 12.6 Å². The molecule has 0 heterocycles. The molecule has 76 valence electrons. The van der Waals surface area contributed by atoms with Crippen LogP contribution in [0.25, 0.3) is 0 Å². The second-order valence-corrected chi connectivity index (χ2v) is 2.91. The summed E-state index contributed by atoms with van der Waals surface area (Å²) in [5, 5.41) is 0. The van der Waals surface area contributed by atoms with E-state index in [4.69, 9.17) is 4.74 Å². The third-order valence-corrected chi connectivity index (χ3v) is 1.72. The molecule has 14 heavy (non-hydrogen) atoms. The molecule has 0 saturated heterocycles. The van der Waals surface area contributed by atoms with Crippen molar-refractivity contribution in [1.29, 1.82) is 0 Å². The molecule has 1 rings (SSSR count). The molecule has 0 unspecified atom stereocenters. The van der Waals surface area contributed by atoms with Gasteiger partial charge in [0.15, 0.2) is 11.6 Å². The lowest BCUT2D eigenvalue weighted by Crippen LogP contribution is -1.94. The van der Waals surface area contributed by atoms with Crippen molar-refractivity contribution in [2.45, 2.75) is 0 Å². The highest BCUT2D eigenvalue weighted by Gasteiger charge is 2.01. The van der Waals surface area contributed by atoms with Crippen molar-refractivity contribution >= 4 is 12.6 Å². The second kappa shape index (κ2) is 5.65. The van der Waals surface area contributed by atoms with Crippen molar-refractivity contribution in [2.75, 3.05) is 12.4 Å². The molecule has 0 saturated carbocycles. The van der Waals surface area contributed by atoms with Gasteiger partial charge in [-0.1, -0.05) is 12.2 Å². The van der Waals surface area contributed by atoms with E-state index >= 15 is 0 Å². The first-order valence-corrected chi connectivity index (χ1v) is 4.71. The van der Waals surface area contributed by atoms with E-state index in [9.17, 15) is 8.78 Å². The third kappa shape index (κ3) is 3.38. The van der Waals surface area contributed by atoms with E-state index in [1.807, 2.05) is 6.08 Å². The lowest BCUT2D eigenvalue weighted by atomic mass is 10.3. The van der Waals surface area contributed by atoms with Crippen molar-refractivity contribution in [3.05, 3.63) is 42.0 Å². The van der Waals surface area contributed by atoms with Crippen molar-refractivity contribution in [2.24, 2.45) is 0 Å². The Morgan fingerprint density at radius 1 is 1.21 bits per heavy atom. The Kier molecular flexibility index (Phi) is 4.46. The molecule has 0 radical (unpaired) electrons. The molecule has 0 aliphatic heterocycles. The predicted molar refractivity (Wildman–Crippen MR) is 54.8 cm³/mol. The molecule has 0 aliphatic rings. The summed E-state index contributed by atoms with van der Waals surface area (Å²) < 4.78 is 30.3. The maximum Gasteiger partial charge on any atom is 0.162 e. The Bertz CT molecular complexity index is 326. The Hall–Kier alpha value is -1.03. The number of thiol groups is 1. The number of ether oxygens (including phenoxy) is 1. The van der Waals surface area contributed by atoms with Crippen LogP contribution in [0.1, 0.15) is 0 Å². The third-order valence-electron chi connectivity index (χ3n) is 1.51. The van der Waals surface area contributed by atoms with Crippen LogP contribution in [0.4, 0.5) is 8.78 Å². The van der Waals surface area contributed by atoms with E-state index in [1.165, 1.54) is 6.07 Å². The molecule has 1 nitrogen and oxygen atoms in total. The predicted octanol–water partition coefficient (Wildman–Crippen LogP) is 2.83. The summed E-state index contributed by atoms with van der Waals surface area (Å²) in [4.78, 5) is 0. The van der Waals surface area contributed by atoms with Crippen LogP contribution in [0.15, 0.2) is 30.4 Å². The van der Waals surface area contributed by atoms with Gasteiger partial charge in [0.05, 0.1) is 0 Å². The maximum absolute atomic E-state index is 12.7. The molecule has 0 spiro atoms. The molecule has 1 aromatic rings. The lowest BCUT2D eigenvalue weighted by molar-refractivity contribution is 0.358. The van der Waals surface area contributed by atoms with E-state index in [0.717, 1.165) is 12.1 Å². The Morgan fingerprint density at radius 3 is 2.64 bits per heavy atom. The van der Waals surface area contributed by atoms with E-state index in [0.29, 0.717) is 18.1 Å². The van der Waals surface area contributed by atoms with Gasteiger partial charge in [-0.15, -0.1) is 0 Å². The number of hydrogen-bond donors (Lipinski definition) is 1. The van der Waals surface area contributed by atoms with Crippen LogP contribution in [-0.2, 0) is 0 Å². The van der Waals surface area contributed by atoms with Gasteiger partial charge < -0.3 is 4.74 Å². The van der Waals surface area contributed by atoms with E-state index in [2.05, 4.69) is 12.6 Å². The summed E-state index contributed by atoms with van der Waals surface area (Å²) >= 11 is 3.96. The zero-order valence-corrected chi connectivity index (χ0v) is 8.31. The standard InChI is InChI=1S/C10H10F2OS/c11-9-4-3-8(7-10(9)12)13-5-1-2-6-14/h1-4,7,14H,5-6H2. The monoisotopic (exact) mass is 216 g/mol. The van der Waals surface area contributed by atoms with Gasteiger partial charge in [-0.2, -0.15) is 12.6 Å². The van der Waals surface area contributed by atoms with Crippen LogP contribution in [-0.4, -0.2) is 12.4 Å². The van der Waals surface area contributed by atoms with Gasteiger partial charge >= 0.3 is 0 Å². The van der Waals surface area contributed by atoms with Gasteiger partial charge in [-0.3, -0.25) is 0 Å². The van der Waals surface area contributed by atoms with E-state index in [1.54, 1.807) is 6.08 Å². The van der Waals surface area contributed by atoms with Crippen LogP contribution in [0.2, 0.25) is 0 Å². The Morgan fingerprint density at radius 2 is 2.00 bits per heavy atom. The molecular weight excluding hydrogens is 206 g/mol.